The van der Waals surface area contributed by atoms with E-state index in [1.807, 2.05) is 52.0 Å². The summed E-state index contributed by atoms with van der Waals surface area (Å²) in [5, 5.41) is 15.9. The van der Waals surface area contributed by atoms with Crippen LogP contribution in [0.25, 0.3) is 0 Å². The highest BCUT2D eigenvalue weighted by molar-refractivity contribution is 5.94. The third-order valence-corrected chi connectivity index (χ3v) is 10.5. The van der Waals surface area contributed by atoms with Crippen molar-refractivity contribution < 1.29 is 42.5 Å². The van der Waals surface area contributed by atoms with Crippen LogP contribution in [0.5, 0.6) is 5.75 Å². The van der Waals surface area contributed by atoms with Crippen molar-refractivity contribution in [1.82, 2.24) is 25.3 Å². The first kappa shape index (κ1) is 37.7. The van der Waals surface area contributed by atoms with E-state index in [4.69, 9.17) is 9.47 Å². The summed E-state index contributed by atoms with van der Waals surface area (Å²) in [6.07, 6.45) is -1.02. The zero-order valence-corrected chi connectivity index (χ0v) is 29.8. The Morgan fingerprint density at radius 3 is 2.46 bits per heavy atom. The number of piperazine rings is 1. The molecule has 3 heterocycles. The number of amides is 4. The smallest absolute Gasteiger partial charge is 0.407 e. The van der Waals surface area contributed by atoms with Gasteiger partial charge in [-0.1, -0.05) is 39.0 Å². The van der Waals surface area contributed by atoms with Gasteiger partial charge in [-0.2, -0.15) is 0 Å². The van der Waals surface area contributed by atoms with E-state index in [2.05, 4.69) is 15.5 Å². The van der Waals surface area contributed by atoms with Crippen LogP contribution in [0.3, 0.4) is 0 Å². The lowest BCUT2D eigenvalue weighted by molar-refractivity contribution is -0.150. The van der Waals surface area contributed by atoms with Gasteiger partial charge in [-0.3, -0.25) is 24.2 Å². The highest BCUT2D eigenvalue weighted by Crippen LogP contribution is 2.39. The van der Waals surface area contributed by atoms with Crippen LogP contribution in [-0.2, 0) is 19.1 Å². The van der Waals surface area contributed by atoms with Crippen molar-refractivity contribution in [3.63, 3.8) is 0 Å². The first-order valence-electron chi connectivity index (χ1n) is 17.9. The van der Waals surface area contributed by atoms with E-state index in [9.17, 15) is 33.1 Å². The fourth-order valence-electron chi connectivity index (χ4n) is 7.86. The summed E-state index contributed by atoms with van der Waals surface area (Å²) in [6, 6.07) is 3.76. The van der Waals surface area contributed by atoms with Crippen molar-refractivity contribution in [3.05, 3.63) is 29.8 Å². The second-order valence-corrected chi connectivity index (χ2v) is 15.5. The van der Waals surface area contributed by atoms with Crippen LogP contribution >= 0.6 is 0 Å². The fourth-order valence-corrected chi connectivity index (χ4v) is 7.86. The minimum atomic E-state index is -2.87. The second-order valence-electron chi connectivity index (χ2n) is 15.5. The lowest BCUT2D eigenvalue weighted by Crippen LogP contribution is -2.67. The molecule has 50 heavy (non-hydrogen) atoms. The Morgan fingerprint density at radius 1 is 1.10 bits per heavy atom. The Labute approximate surface area is 293 Å². The Kier molecular flexibility index (Phi) is 11.6. The number of rotatable bonds is 10. The molecular weight excluding hydrogens is 652 g/mol. The standard InChI is InChI=1S/C36H53F2N5O7/c1-6-49-25-17-24-18-42(28(20-41(24)19-25)32(45)39-27-13-16-50-29-10-8-7-9-26(27)29)33(46)30(23-11-14-36(37,38)15-12-23)40-31(44)22(2)43(34(47)48)21-35(3,4)5/h7-10,22-25,27-28,30H,6,11-21H2,1-5H3,(H,39,45)(H,40,44)(H,47,48)/t22-,24-,25+,27+,28-,30-/m0/s1. The van der Waals surface area contributed by atoms with E-state index in [-0.39, 0.29) is 56.6 Å². The quantitative estimate of drug-likeness (QED) is 0.332. The van der Waals surface area contributed by atoms with Gasteiger partial charge in [0.15, 0.2) is 0 Å². The zero-order valence-electron chi connectivity index (χ0n) is 29.8. The van der Waals surface area contributed by atoms with Crippen LogP contribution in [0.2, 0.25) is 0 Å². The number of nitrogens with zero attached hydrogens (tertiary/aromatic N) is 3. The van der Waals surface area contributed by atoms with Gasteiger partial charge >= 0.3 is 6.09 Å². The van der Waals surface area contributed by atoms with Crippen LogP contribution in [0, 0.1) is 11.3 Å². The van der Waals surface area contributed by atoms with Gasteiger partial charge in [0.2, 0.25) is 23.6 Å². The maximum absolute atomic E-state index is 14.8. The van der Waals surface area contributed by atoms with Crippen molar-refractivity contribution in [2.24, 2.45) is 11.3 Å². The first-order valence-corrected chi connectivity index (χ1v) is 17.9. The molecule has 1 aliphatic carbocycles. The molecule has 6 atom stereocenters. The molecule has 1 aromatic rings. The first-order chi connectivity index (χ1) is 23.6. The minimum absolute atomic E-state index is 0.00572. The summed E-state index contributed by atoms with van der Waals surface area (Å²) < 4.78 is 40.4. The summed E-state index contributed by atoms with van der Waals surface area (Å²) in [5.41, 5.74) is 0.389. The fraction of sp³-hybridized carbons (Fsp3) is 0.722. The van der Waals surface area contributed by atoms with E-state index in [1.54, 1.807) is 0 Å². The molecule has 2 saturated heterocycles. The molecule has 3 N–H and O–H groups in total. The molecule has 0 unspecified atom stereocenters. The molecule has 0 spiro atoms. The molecule has 4 amide bonds. The number of hydrogen-bond acceptors (Lipinski definition) is 7. The second kappa shape index (κ2) is 15.4. The van der Waals surface area contributed by atoms with Crippen molar-refractivity contribution in [2.75, 3.05) is 39.4 Å². The molecule has 14 heteroatoms. The number of halogens is 2. The number of para-hydroxylation sites is 1. The van der Waals surface area contributed by atoms with Crippen LogP contribution in [0.15, 0.2) is 24.3 Å². The largest absolute Gasteiger partial charge is 0.493 e. The number of hydrogen-bond donors (Lipinski definition) is 3. The molecule has 278 valence electrons. The predicted octanol–water partition coefficient (Wildman–Crippen LogP) is 4.04. The molecule has 3 aliphatic heterocycles. The van der Waals surface area contributed by atoms with E-state index in [1.165, 1.54) is 11.8 Å². The number of ether oxygens (including phenoxy) is 2. The highest BCUT2D eigenvalue weighted by atomic mass is 19.3. The topological polar surface area (TPSA) is 141 Å². The van der Waals surface area contributed by atoms with Gasteiger partial charge in [-0.15, -0.1) is 0 Å². The molecule has 4 aliphatic rings. The Balaban J connectivity index is 1.43. The third kappa shape index (κ3) is 8.85. The molecule has 0 aromatic heterocycles. The summed E-state index contributed by atoms with van der Waals surface area (Å²) >= 11 is 0. The van der Waals surface area contributed by atoms with E-state index in [0.717, 1.165) is 10.5 Å². The predicted molar refractivity (Wildman–Crippen MR) is 181 cm³/mol. The average molecular weight is 706 g/mol. The van der Waals surface area contributed by atoms with Crippen LogP contribution in [-0.4, -0.2) is 119 Å². The van der Waals surface area contributed by atoms with Gasteiger partial charge in [0.25, 0.3) is 0 Å². The average Bonchev–Trinajstić information content (AvgIpc) is 3.46. The number of carboxylic acid groups (broad SMARTS) is 1. The zero-order chi connectivity index (χ0) is 36.4. The van der Waals surface area contributed by atoms with Crippen molar-refractivity contribution >= 4 is 23.8 Å². The summed E-state index contributed by atoms with van der Waals surface area (Å²) in [5.74, 6) is -4.38. The van der Waals surface area contributed by atoms with Gasteiger partial charge in [0.05, 0.1) is 18.8 Å². The van der Waals surface area contributed by atoms with E-state index < -0.39 is 66.1 Å². The van der Waals surface area contributed by atoms with E-state index in [0.29, 0.717) is 38.3 Å². The maximum atomic E-state index is 14.8. The van der Waals surface area contributed by atoms with Crippen LogP contribution in [0.1, 0.15) is 84.7 Å². The van der Waals surface area contributed by atoms with Gasteiger partial charge in [-0.25, -0.2) is 13.6 Å². The minimum Gasteiger partial charge on any atom is -0.493 e. The number of fused-ring (bicyclic) bond motifs is 2. The summed E-state index contributed by atoms with van der Waals surface area (Å²) in [6.45, 7) is 11.0. The van der Waals surface area contributed by atoms with E-state index >= 15 is 0 Å². The third-order valence-electron chi connectivity index (χ3n) is 10.5. The van der Waals surface area contributed by atoms with Crippen molar-refractivity contribution in [1.29, 1.82) is 0 Å². The lowest BCUT2D eigenvalue weighted by Gasteiger charge is -2.45. The SMILES string of the molecule is CCO[C@@H]1C[C@H]2CN(C(=O)[C@@H](NC(=O)[C@H](C)N(CC(C)(C)C)C(=O)O)C3CCC(F)(F)CC3)[C@H](C(=O)N[C@@H]3CCOc4ccccc43)CN2C1. The van der Waals surface area contributed by atoms with Gasteiger partial charge < -0.3 is 30.1 Å². The van der Waals surface area contributed by atoms with Crippen LogP contribution < -0.4 is 15.4 Å². The number of carbonyl (C=O) groups is 4. The number of carbonyl (C=O) groups excluding carboxylic acids is 3. The molecule has 0 bridgehead atoms. The van der Waals surface area contributed by atoms with Gasteiger partial charge in [0.1, 0.15) is 23.9 Å². The molecule has 3 fully saturated rings. The van der Waals surface area contributed by atoms with Crippen LogP contribution in [0.4, 0.5) is 13.6 Å². The molecule has 1 saturated carbocycles. The molecule has 5 rings (SSSR count). The normalized spacial score (nSPS) is 26.5. The molecular formula is C36H53F2N5O7. The number of nitrogens with one attached hydrogen (secondary N) is 2. The number of benzene rings is 1. The summed E-state index contributed by atoms with van der Waals surface area (Å²) in [4.78, 5) is 59.7. The molecule has 0 radical (unpaired) electrons. The van der Waals surface area contributed by atoms with Gasteiger partial charge in [0, 0.05) is 63.7 Å². The molecule has 1 aromatic carbocycles. The maximum Gasteiger partial charge on any atom is 0.407 e. The van der Waals surface area contributed by atoms with Crippen molar-refractivity contribution in [3.8, 4) is 5.75 Å². The Hall–Kier alpha value is -3.52. The summed E-state index contributed by atoms with van der Waals surface area (Å²) in [7, 11) is 0. The molecule has 12 nitrogen and oxygen atoms in total. The monoisotopic (exact) mass is 705 g/mol. The van der Waals surface area contributed by atoms with Crippen molar-refractivity contribution in [2.45, 2.75) is 115 Å². The van der Waals surface area contributed by atoms with Gasteiger partial charge in [-0.05, 0) is 50.5 Å². The Morgan fingerprint density at radius 2 is 1.80 bits per heavy atom. The number of alkyl halides is 2. The highest BCUT2D eigenvalue weighted by Gasteiger charge is 2.49. The lowest BCUT2D eigenvalue weighted by atomic mass is 9.81. The Bertz CT molecular complexity index is 1400.